The third-order valence-corrected chi connectivity index (χ3v) is 5.03. The highest BCUT2D eigenvalue weighted by Crippen LogP contribution is 2.34. The topological polar surface area (TPSA) is 53.0 Å². The van der Waals surface area contributed by atoms with Crippen molar-refractivity contribution in [2.24, 2.45) is 5.73 Å². The van der Waals surface area contributed by atoms with Crippen LogP contribution >= 0.6 is 27.3 Å². The van der Waals surface area contributed by atoms with Gasteiger partial charge < -0.3 is 10.6 Å². The van der Waals surface area contributed by atoms with Crippen molar-refractivity contribution in [2.45, 2.75) is 25.4 Å². The van der Waals surface area contributed by atoms with Crippen LogP contribution in [0.1, 0.15) is 24.3 Å². The van der Waals surface area contributed by atoms with Gasteiger partial charge in [0.1, 0.15) is 0 Å². The summed E-state index contributed by atoms with van der Waals surface area (Å²) in [4.78, 5) is 3.44. The first-order chi connectivity index (χ1) is 10.1. The first-order valence-corrected chi connectivity index (χ1v) is 8.49. The molecule has 21 heavy (non-hydrogen) atoms. The lowest BCUT2D eigenvalue weighted by Crippen LogP contribution is -2.39. The molecule has 0 aliphatic carbocycles. The Morgan fingerprint density at radius 3 is 2.62 bits per heavy atom. The number of hydrogen-bond donors (Lipinski definition) is 1. The van der Waals surface area contributed by atoms with Crippen molar-refractivity contribution in [3.05, 3.63) is 51.1 Å². The van der Waals surface area contributed by atoms with Crippen LogP contribution in [-0.4, -0.2) is 12.6 Å². The Bertz CT molecular complexity index is 603. The van der Waals surface area contributed by atoms with Crippen LogP contribution in [-0.2, 0) is 0 Å². The zero-order chi connectivity index (χ0) is 15.2. The van der Waals surface area contributed by atoms with E-state index in [4.69, 9.17) is 11.0 Å². The summed E-state index contributed by atoms with van der Waals surface area (Å²) in [6, 6.07) is 14.5. The minimum atomic E-state index is -0.0329. The van der Waals surface area contributed by atoms with E-state index in [1.807, 2.05) is 25.1 Å². The number of nitrogens with two attached hydrogens (primary N) is 1. The Balaban J connectivity index is 2.38. The normalized spacial score (nSPS) is 13.4. The Kier molecular flexibility index (Phi) is 5.80. The second-order valence-corrected chi connectivity index (χ2v) is 6.77. The van der Waals surface area contributed by atoms with Gasteiger partial charge in [0.15, 0.2) is 0 Å². The number of hydrogen-bond acceptors (Lipinski definition) is 4. The van der Waals surface area contributed by atoms with Gasteiger partial charge in [-0.1, -0.05) is 18.2 Å². The number of rotatable bonds is 6. The van der Waals surface area contributed by atoms with Crippen LogP contribution in [0, 0.1) is 11.3 Å². The molecule has 0 aliphatic heterocycles. The zero-order valence-corrected chi connectivity index (χ0v) is 14.3. The van der Waals surface area contributed by atoms with E-state index in [1.165, 1.54) is 4.88 Å². The van der Waals surface area contributed by atoms with E-state index >= 15 is 0 Å². The van der Waals surface area contributed by atoms with Crippen molar-refractivity contribution in [3.63, 3.8) is 0 Å². The molecule has 1 aromatic heterocycles. The molecule has 110 valence electrons. The van der Waals surface area contributed by atoms with Gasteiger partial charge in [0.05, 0.1) is 18.5 Å². The lowest BCUT2D eigenvalue weighted by Gasteiger charge is -2.35. The third-order valence-electron chi connectivity index (χ3n) is 3.27. The molecule has 2 rings (SSSR count). The molecule has 5 heteroatoms. The highest BCUT2D eigenvalue weighted by atomic mass is 79.9. The van der Waals surface area contributed by atoms with Crippen molar-refractivity contribution in [2.75, 3.05) is 11.4 Å². The van der Waals surface area contributed by atoms with Crippen LogP contribution in [0.5, 0.6) is 0 Å². The summed E-state index contributed by atoms with van der Waals surface area (Å²) in [5.74, 6) is 0. The van der Waals surface area contributed by atoms with E-state index < -0.39 is 0 Å². The maximum atomic E-state index is 8.94. The predicted octanol–water partition coefficient (Wildman–Crippen LogP) is 4.32. The van der Waals surface area contributed by atoms with E-state index in [9.17, 15) is 0 Å². The van der Waals surface area contributed by atoms with Crippen LogP contribution in [0.4, 0.5) is 5.69 Å². The Labute approximate surface area is 138 Å². The van der Waals surface area contributed by atoms with E-state index in [0.29, 0.717) is 13.0 Å². The average Bonchev–Trinajstić information content (AvgIpc) is 2.90. The summed E-state index contributed by atoms with van der Waals surface area (Å²) in [6.07, 6.45) is 0.477. The lowest BCUT2D eigenvalue weighted by atomic mass is 10.1. The van der Waals surface area contributed by atoms with E-state index in [2.05, 4.69) is 50.5 Å². The molecule has 1 heterocycles. The van der Waals surface area contributed by atoms with Gasteiger partial charge in [0, 0.05) is 33.0 Å². The van der Waals surface area contributed by atoms with E-state index in [-0.39, 0.29) is 12.1 Å². The second kappa shape index (κ2) is 7.60. The summed E-state index contributed by atoms with van der Waals surface area (Å²) in [7, 11) is 0. The van der Waals surface area contributed by atoms with E-state index in [0.717, 1.165) is 10.2 Å². The summed E-state index contributed by atoms with van der Waals surface area (Å²) in [5, 5.41) is 11.0. The average molecular weight is 364 g/mol. The van der Waals surface area contributed by atoms with E-state index in [1.54, 1.807) is 11.3 Å². The molecule has 0 spiro atoms. The van der Waals surface area contributed by atoms with Crippen molar-refractivity contribution in [3.8, 4) is 6.07 Å². The fourth-order valence-electron chi connectivity index (χ4n) is 2.40. The Morgan fingerprint density at radius 1 is 1.38 bits per heavy atom. The molecule has 2 unspecified atom stereocenters. The number of benzene rings is 1. The van der Waals surface area contributed by atoms with Gasteiger partial charge in [-0.2, -0.15) is 5.26 Å². The van der Waals surface area contributed by atoms with Crippen LogP contribution in [0.15, 0.2) is 46.3 Å². The molecular formula is C16H18BrN3S. The number of para-hydroxylation sites is 1. The van der Waals surface area contributed by atoms with Crippen molar-refractivity contribution < 1.29 is 0 Å². The number of anilines is 1. The minimum absolute atomic E-state index is 0.0329. The van der Waals surface area contributed by atoms with Crippen molar-refractivity contribution in [1.82, 2.24) is 0 Å². The molecular weight excluding hydrogens is 346 g/mol. The maximum Gasteiger partial charge on any atom is 0.0783 e. The Hall–Kier alpha value is -1.35. The third kappa shape index (κ3) is 4.07. The van der Waals surface area contributed by atoms with Crippen LogP contribution in [0.25, 0.3) is 0 Å². The van der Waals surface area contributed by atoms with Gasteiger partial charge in [-0.3, -0.25) is 0 Å². The summed E-state index contributed by atoms with van der Waals surface area (Å²) in [6.45, 7) is 2.68. The molecule has 0 saturated heterocycles. The quantitative estimate of drug-likeness (QED) is 0.831. The second-order valence-electron chi connectivity index (χ2n) is 4.91. The summed E-state index contributed by atoms with van der Waals surface area (Å²) >= 11 is 5.20. The molecule has 2 N–H and O–H groups in total. The van der Waals surface area contributed by atoms with Crippen molar-refractivity contribution >= 4 is 33.0 Å². The van der Waals surface area contributed by atoms with Gasteiger partial charge in [-0.15, -0.1) is 11.3 Å². The highest BCUT2D eigenvalue weighted by Gasteiger charge is 2.25. The number of nitrogens with zero attached hydrogens (tertiary/aromatic N) is 2. The Morgan fingerprint density at radius 2 is 2.10 bits per heavy atom. The van der Waals surface area contributed by atoms with Crippen LogP contribution in [0.3, 0.4) is 0 Å². The molecule has 0 amide bonds. The molecule has 0 radical (unpaired) electrons. The molecule has 1 aromatic carbocycles. The largest absolute Gasteiger partial charge is 0.361 e. The van der Waals surface area contributed by atoms with Crippen LogP contribution < -0.4 is 10.6 Å². The fourth-order valence-corrected chi connectivity index (χ4v) is 4.07. The molecule has 3 nitrogen and oxygen atoms in total. The predicted molar refractivity (Wildman–Crippen MR) is 92.4 cm³/mol. The molecule has 0 fully saturated rings. The fraction of sp³-hybridized carbons (Fsp3) is 0.312. The monoisotopic (exact) mass is 363 g/mol. The maximum absolute atomic E-state index is 8.94. The standard InChI is InChI=1S/C16H18BrN3S/c1-12(19)16(15-10-13(17)11-21-15)20(9-5-8-18)14-6-3-2-4-7-14/h2-4,6-7,10-12,16H,5,9,19H2,1H3. The lowest BCUT2D eigenvalue weighted by molar-refractivity contribution is 0.539. The molecule has 2 aromatic rings. The summed E-state index contributed by atoms with van der Waals surface area (Å²) < 4.78 is 1.07. The number of thiophene rings is 1. The van der Waals surface area contributed by atoms with Gasteiger partial charge in [0.25, 0.3) is 0 Å². The van der Waals surface area contributed by atoms with Crippen molar-refractivity contribution in [1.29, 1.82) is 5.26 Å². The number of halogens is 1. The zero-order valence-electron chi connectivity index (χ0n) is 11.9. The van der Waals surface area contributed by atoms with Gasteiger partial charge >= 0.3 is 0 Å². The molecule has 0 aliphatic rings. The van der Waals surface area contributed by atoms with Gasteiger partial charge in [0.2, 0.25) is 0 Å². The first-order valence-electron chi connectivity index (χ1n) is 6.81. The van der Waals surface area contributed by atoms with Gasteiger partial charge in [-0.25, -0.2) is 0 Å². The summed E-state index contributed by atoms with van der Waals surface area (Å²) in [5.41, 5.74) is 7.35. The first kappa shape index (κ1) is 16.0. The van der Waals surface area contributed by atoms with Gasteiger partial charge in [-0.05, 0) is 41.1 Å². The van der Waals surface area contributed by atoms with Crippen LogP contribution in [0.2, 0.25) is 0 Å². The smallest absolute Gasteiger partial charge is 0.0783 e. The molecule has 0 bridgehead atoms. The molecule has 0 saturated carbocycles. The highest BCUT2D eigenvalue weighted by molar-refractivity contribution is 9.10. The SMILES string of the molecule is CC(N)C(c1cc(Br)cs1)N(CCC#N)c1ccccc1. The minimum Gasteiger partial charge on any atom is -0.361 e. The number of nitriles is 1. The molecule has 2 atom stereocenters.